The fourth-order valence-corrected chi connectivity index (χ4v) is 3.20. The number of para-hydroxylation sites is 1. The summed E-state index contributed by atoms with van der Waals surface area (Å²) in [5, 5.41) is 5.78. The van der Waals surface area contributed by atoms with Crippen molar-refractivity contribution in [2.75, 3.05) is 11.9 Å². The molecular formula is C25H26N2O2. The summed E-state index contributed by atoms with van der Waals surface area (Å²) in [6.45, 7) is 2.60. The smallest absolute Gasteiger partial charge is 0.255 e. The minimum atomic E-state index is -0.204. The zero-order valence-corrected chi connectivity index (χ0v) is 16.7. The van der Waals surface area contributed by atoms with Crippen LogP contribution in [-0.4, -0.2) is 18.4 Å². The van der Waals surface area contributed by atoms with Gasteiger partial charge >= 0.3 is 0 Å². The molecule has 0 saturated carbocycles. The van der Waals surface area contributed by atoms with E-state index in [-0.39, 0.29) is 11.8 Å². The number of rotatable bonds is 8. The number of benzene rings is 3. The summed E-state index contributed by atoms with van der Waals surface area (Å²) in [6, 6.07) is 24.9. The minimum Gasteiger partial charge on any atom is -0.352 e. The van der Waals surface area contributed by atoms with E-state index in [2.05, 4.69) is 22.8 Å². The molecule has 0 aliphatic carbocycles. The van der Waals surface area contributed by atoms with Gasteiger partial charge in [0.1, 0.15) is 0 Å². The number of carbonyl (C=O) groups is 2. The first-order valence-corrected chi connectivity index (χ1v) is 9.99. The van der Waals surface area contributed by atoms with Crippen LogP contribution >= 0.6 is 0 Å². The number of hydrogen-bond acceptors (Lipinski definition) is 2. The summed E-state index contributed by atoms with van der Waals surface area (Å²) in [5.41, 5.74) is 3.84. The fourth-order valence-electron chi connectivity index (χ4n) is 3.20. The summed E-state index contributed by atoms with van der Waals surface area (Å²) < 4.78 is 0. The maximum Gasteiger partial charge on any atom is 0.255 e. The topological polar surface area (TPSA) is 58.2 Å². The zero-order valence-electron chi connectivity index (χ0n) is 16.7. The van der Waals surface area contributed by atoms with Crippen LogP contribution < -0.4 is 10.6 Å². The lowest BCUT2D eigenvalue weighted by Crippen LogP contribution is -2.26. The van der Waals surface area contributed by atoms with Gasteiger partial charge in [-0.2, -0.15) is 0 Å². The second-order valence-corrected chi connectivity index (χ2v) is 6.90. The molecule has 4 heteroatoms. The zero-order chi connectivity index (χ0) is 20.5. The molecule has 0 aliphatic rings. The molecule has 0 heterocycles. The highest BCUT2D eigenvalue weighted by Crippen LogP contribution is 2.19. The molecule has 3 aromatic rings. The van der Waals surface area contributed by atoms with Crippen molar-refractivity contribution in [1.29, 1.82) is 0 Å². The maximum absolute atomic E-state index is 13.0. The monoisotopic (exact) mass is 386 g/mol. The minimum absolute atomic E-state index is 0.180. The number of carbonyl (C=O) groups excluding carboxylic acids is 2. The van der Waals surface area contributed by atoms with E-state index in [0.717, 1.165) is 24.8 Å². The Kier molecular flexibility index (Phi) is 7.17. The van der Waals surface area contributed by atoms with E-state index in [4.69, 9.17) is 0 Å². The molecule has 148 valence electrons. The molecule has 0 saturated heterocycles. The van der Waals surface area contributed by atoms with Gasteiger partial charge in [-0.1, -0.05) is 67.6 Å². The first-order chi connectivity index (χ1) is 14.2. The molecule has 29 heavy (non-hydrogen) atoms. The quantitative estimate of drug-likeness (QED) is 0.581. The van der Waals surface area contributed by atoms with Crippen LogP contribution in [0.4, 0.5) is 5.69 Å². The fraction of sp³-hybridized carbons (Fsp3) is 0.200. The van der Waals surface area contributed by atoms with E-state index < -0.39 is 0 Å². The summed E-state index contributed by atoms with van der Waals surface area (Å²) in [4.78, 5) is 25.4. The van der Waals surface area contributed by atoms with Crippen LogP contribution in [0.1, 0.15) is 45.2 Å². The van der Waals surface area contributed by atoms with Crippen molar-refractivity contribution in [3.63, 3.8) is 0 Å². The van der Waals surface area contributed by atoms with Gasteiger partial charge in [0, 0.05) is 12.1 Å². The Balaban J connectivity index is 1.76. The Hall–Kier alpha value is -3.40. The van der Waals surface area contributed by atoms with Crippen molar-refractivity contribution >= 4 is 17.5 Å². The molecule has 2 N–H and O–H groups in total. The number of hydrogen-bond donors (Lipinski definition) is 2. The third-order valence-corrected chi connectivity index (χ3v) is 4.74. The van der Waals surface area contributed by atoms with E-state index in [0.29, 0.717) is 23.4 Å². The SMILES string of the molecule is CCCNC(=O)c1ccccc1NC(=O)c1ccccc1CCc1ccccc1. The van der Waals surface area contributed by atoms with Gasteiger partial charge in [-0.3, -0.25) is 9.59 Å². The Morgan fingerprint density at radius 3 is 2.14 bits per heavy atom. The third-order valence-electron chi connectivity index (χ3n) is 4.74. The maximum atomic E-state index is 13.0. The number of nitrogens with one attached hydrogen (secondary N) is 2. The van der Waals surface area contributed by atoms with E-state index in [1.165, 1.54) is 5.56 Å². The predicted octanol–water partition coefficient (Wildman–Crippen LogP) is 4.86. The molecule has 0 aromatic heterocycles. The molecule has 0 bridgehead atoms. The van der Waals surface area contributed by atoms with Crippen molar-refractivity contribution in [2.24, 2.45) is 0 Å². The van der Waals surface area contributed by atoms with Gasteiger partial charge in [-0.15, -0.1) is 0 Å². The molecule has 0 fully saturated rings. The molecular weight excluding hydrogens is 360 g/mol. The summed E-state index contributed by atoms with van der Waals surface area (Å²) in [6.07, 6.45) is 2.49. The Labute approximate surface area is 172 Å². The van der Waals surface area contributed by atoms with Crippen molar-refractivity contribution < 1.29 is 9.59 Å². The third kappa shape index (κ3) is 5.55. The molecule has 0 atom stereocenters. The predicted molar refractivity (Wildman–Crippen MR) is 117 cm³/mol. The van der Waals surface area contributed by atoms with Crippen LogP contribution in [0.25, 0.3) is 0 Å². The van der Waals surface area contributed by atoms with Crippen LogP contribution in [0.3, 0.4) is 0 Å². The van der Waals surface area contributed by atoms with Crippen molar-refractivity contribution in [1.82, 2.24) is 5.32 Å². The number of aryl methyl sites for hydroxylation is 2. The van der Waals surface area contributed by atoms with Crippen molar-refractivity contribution in [3.05, 3.63) is 101 Å². The van der Waals surface area contributed by atoms with Gasteiger partial charge in [0.2, 0.25) is 0 Å². The van der Waals surface area contributed by atoms with Gasteiger partial charge in [0.25, 0.3) is 11.8 Å². The second-order valence-electron chi connectivity index (χ2n) is 6.90. The average molecular weight is 386 g/mol. The van der Waals surface area contributed by atoms with Gasteiger partial charge < -0.3 is 10.6 Å². The van der Waals surface area contributed by atoms with Crippen LogP contribution in [0.5, 0.6) is 0 Å². The van der Waals surface area contributed by atoms with Gasteiger partial charge in [0.05, 0.1) is 11.3 Å². The lowest BCUT2D eigenvalue weighted by Gasteiger charge is -2.13. The average Bonchev–Trinajstić information content (AvgIpc) is 2.77. The van der Waals surface area contributed by atoms with E-state index in [1.807, 2.05) is 55.5 Å². The highest BCUT2D eigenvalue weighted by atomic mass is 16.2. The van der Waals surface area contributed by atoms with Crippen LogP contribution in [-0.2, 0) is 12.8 Å². The summed E-state index contributed by atoms with van der Waals surface area (Å²) >= 11 is 0. The van der Waals surface area contributed by atoms with E-state index >= 15 is 0 Å². The number of amides is 2. The Morgan fingerprint density at radius 1 is 0.724 bits per heavy atom. The van der Waals surface area contributed by atoms with E-state index in [1.54, 1.807) is 18.2 Å². The number of anilines is 1. The summed E-state index contributed by atoms with van der Waals surface area (Å²) in [5.74, 6) is -0.385. The second kappa shape index (κ2) is 10.2. The standard InChI is InChI=1S/C25H26N2O2/c1-2-18-26-24(28)22-14-8-9-15-23(22)27-25(29)21-13-7-6-12-20(21)17-16-19-10-4-3-5-11-19/h3-15H,2,16-18H2,1H3,(H,26,28)(H,27,29). The molecule has 0 unspecified atom stereocenters. The molecule has 2 amide bonds. The van der Waals surface area contributed by atoms with Crippen LogP contribution in [0.15, 0.2) is 78.9 Å². The Bertz CT molecular complexity index is 967. The largest absolute Gasteiger partial charge is 0.352 e. The van der Waals surface area contributed by atoms with Crippen LogP contribution in [0, 0.1) is 0 Å². The molecule has 4 nitrogen and oxygen atoms in total. The lowest BCUT2D eigenvalue weighted by molar-refractivity contribution is 0.0954. The summed E-state index contributed by atoms with van der Waals surface area (Å²) in [7, 11) is 0. The highest BCUT2D eigenvalue weighted by molar-refractivity contribution is 6.09. The van der Waals surface area contributed by atoms with Gasteiger partial charge in [-0.05, 0) is 48.6 Å². The molecule has 0 radical (unpaired) electrons. The normalized spacial score (nSPS) is 10.4. The van der Waals surface area contributed by atoms with Crippen LogP contribution in [0.2, 0.25) is 0 Å². The molecule has 3 rings (SSSR count). The highest BCUT2D eigenvalue weighted by Gasteiger charge is 2.15. The molecule has 0 aliphatic heterocycles. The van der Waals surface area contributed by atoms with Gasteiger partial charge in [0.15, 0.2) is 0 Å². The first-order valence-electron chi connectivity index (χ1n) is 9.99. The Morgan fingerprint density at radius 2 is 1.38 bits per heavy atom. The molecule has 0 spiro atoms. The van der Waals surface area contributed by atoms with Crippen molar-refractivity contribution in [3.8, 4) is 0 Å². The van der Waals surface area contributed by atoms with E-state index in [9.17, 15) is 9.59 Å². The lowest BCUT2D eigenvalue weighted by atomic mass is 9.99. The first kappa shape index (κ1) is 20.3. The van der Waals surface area contributed by atoms with Gasteiger partial charge in [-0.25, -0.2) is 0 Å². The van der Waals surface area contributed by atoms with Crippen molar-refractivity contribution in [2.45, 2.75) is 26.2 Å². The molecule has 3 aromatic carbocycles.